The summed E-state index contributed by atoms with van der Waals surface area (Å²) in [4.78, 5) is 15.6. The van der Waals surface area contributed by atoms with Crippen molar-refractivity contribution in [2.24, 2.45) is 10.9 Å². The standard InChI is InChI=1S/C21H21N3O3/c22-12-18-19(23)10-15(11-20(18)24-27-13-21(25)26)17-9-5-4-8-16(17)14-6-2-1-3-7-14/h1-9,12,15,22H,10-11,13,23H2,(H,25,26)/b22-12?,24-20+. The van der Waals surface area contributed by atoms with E-state index in [9.17, 15) is 4.79 Å². The highest BCUT2D eigenvalue weighted by molar-refractivity contribution is 6.16. The van der Waals surface area contributed by atoms with Crippen molar-refractivity contribution in [1.82, 2.24) is 0 Å². The molecule has 0 saturated carbocycles. The summed E-state index contributed by atoms with van der Waals surface area (Å²) in [5, 5.41) is 20.3. The predicted molar refractivity (Wildman–Crippen MR) is 105 cm³/mol. The van der Waals surface area contributed by atoms with Gasteiger partial charge in [-0.1, -0.05) is 59.8 Å². The van der Waals surface area contributed by atoms with E-state index >= 15 is 0 Å². The van der Waals surface area contributed by atoms with Crippen LogP contribution in [-0.2, 0) is 9.63 Å². The Morgan fingerprint density at radius 3 is 2.59 bits per heavy atom. The lowest BCUT2D eigenvalue weighted by Gasteiger charge is -2.27. The van der Waals surface area contributed by atoms with E-state index in [1.165, 1.54) is 0 Å². The molecule has 1 aliphatic rings. The van der Waals surface area contributed by atoms with Crippen molar-refractivity contribution in [2.45, 2.75) is 18.8 Å². The van der Waals surface area contributed by atoms with E-state index in [2.05, 4.69) is 29.4 Å². The first-order valence-electron chi connectivity index (χ1n) is 8.64. The molecule has 138 valence electrons. The highest BCUT2D eigenvalue weighted by Gasteiger charge is 2.27. The first kappa shape index (κ1) is 18.4. The van der Waals surface area contributed by atoms with Gasteiger partial charge in [0.2, 0.25) is 6.61 Å². The number of hydrogen-bond acceptors (Lipinski definition) is 5. The maximum absolute atomic E-state index is 10.7. The lowest BCUT2D eigenvalue weighted by Crippen LogP contribution is -2.24. The van der Waals surface area contributed by atoms with Gasteiger partial charge in [-0.2, -0.15) is 0 Å². The third-order valence-electron chi connectivity index (χ3n) is 4.56. The molecule has 1 atom stereocenters. The zero-order valence-corrected chi connectivity index (χ0v) is 14.8. The molecule has 2 aromatic rings. The average Bonchev–Trinajstić information content (AvgIpc) is 2.68. The van der Waals surface area contributed by atoms with E-state index in [0.29, 0.717) is 29.8 Å². The predicted octanol–water partition coefficient (Wildman–Crippen LogP) is 3.55. The Bertz CT molecular complexity index is 904. The van der Waals surface area contributed by atoms with Gasteiger partial charge in [-0.05, 0) is 29.0 Å². The molecule has 27 heavy (non-hydrogen) atoms. The second-order valence-corrected chi connectivity index (χ2v) is 6.35. The molecule has 0 heterocycles. The summed E-state index contributed by atoms with van der Waals surface area (Å²) in [7, 11) is 0. The molecule has 2 aromatic carbocycles. The number of rotatable bonds is 6. The van der Waals surface area contributed by atoms with Crippen LogP contribution in [0.3, 0.4) is 0 Å². The molecule has 0 saturated heterocycles. The fourth-order valence-electron chi connectivity index (χ4n) is 3.36. The van der Waals surface area contributed by atoms with Gasteiger partial charge in [0.05, 0.1) is 5.71 Å². The second-order valence-electron chi connectivity index (χ2n) is 6.35. The number of allylic oxidation sites excluding steroid dienone is 2. The van der Waals surface area contributed by atoms with Crippen LogP contribution in [0.15, 0.2) is 71.0 Å². The number of aliphatic carboxylic acids is 1. The summed E-state index contributed by atoms with van der Waals surface area (Å²) in [6.07, 6.45) is 2.28. The number of nitrogens with zero attached hydrogens (tertiary/aromatic N) is 1. The Morgan fingerprint density at radius 2 is 1.89 bits per heavy atom. The zero-order valence-electron chi connectivity index (χ0n) is 14.8. The Morgan fingerprint density at radius 1 is 1.19 bits per heavy atom. The molecular formula is C21H21N3O3. The summed E-state index contributed by atoms with van der Waals surface area (Å²) < 4.78 is 0. The van der Waals surface area contributed by atoms with E-state index in [0.717, 1.165) is 22.9 Å². The summed E-state index contributed by atoms with van der Waals surface area (Å²) in [6.45, 7) is -0.528. The van der Waals surface area contributed by atoms with Crippen LogP contribution in [0.25, 0.3) is 11.1 Å². The molecule has 1 aliphatic carbocycles. The van der Waals surface area contributed by atoms with Crippen molar-refractivity contribution in [3.05, 3.63) is 71.4 Å². The van der Waals surface area contributed by atoms with Crippen LogP contribution >= 0.6 is 0 Å². The smallest absolute Gasteiger partial charge is 0.344 e. The van der Waals surface area contributed by atoms with Crippen molar-refractivity contribution < 1.29 is 14.7 Å². The summed E-state index contributed by atoms with van der Waals surface area (Å²) in [5.41, 5.74) is 11.2. The number of oxime groups is 1. The van der Waals surface area contributed by atoms with Gasteiger partial charge in [0.1, 0.15) is 0 Å². The molecule has 0 spiro atoms. The molecule has 6 heteroatoms. The Labute approximate surface area is 157 Å². The summed E-state index contributed by atoms with van der Waals surface area (Å²) in [5.74, 6) is -1.04. The molecule has 4 N–H and O–H groups in total. The maximum atomic E-state index is 10.7. The molecule has 0 aliphatic heterocycles. The summed E-state index contributed by atoms with van der Waals surface area (Å²) >= 11 is 0. The molecule has 0 amide bonds. The molecule has 0 fully saturated rings. The molecule has 3 rings (SSSR count). The van der Waals surface area contributed by atoms with Crippen molar-refractivity contribution in [3.63, 3.8) is 0 Å². The minimum atomic E-state index is -1.10. The third kappa shape index (κ3) is 4.23. The van der Waals surface area contributed by atoms with Crippen molar-refractivity contribution in [3.8, 4) is 11.1 Å². The van der Waals surface area contributed by atoms with Gasteiger partial charge >= 0.3 is 5.97 Å². The fourth-order valence-corrected chi connectivity index (χ4v) is 3.36. The second kappa shape index (κ2) is 8.31. The normalized spacial score (nSPS) is 18.4. The lowest BCUT2D eigenvalue weighted by molar-refractivity contribution is -0.142. The van der Waals surface area contributed by atoms with E-state index < -0.39 is 12.6 Å². The van der Waals surface area contributed by atoms with Crippen LogP contribution in [0.1, 0.15) is 24.3 Å². The molecule has 1 unspecified atom stereocenters. The van der Waals surface area contributed by atoms with Gasteiger partial charge < -0.3 is 21.1 Å². The van der Waals surface area contributed by atoms with Gasteiger partial charge in [-0.25, -0.2) is 4.79 Å². The van der Waals surface area contributed by atoms with Gasteiger partial charge in [0.25, 0.3) is 0 Å². The van der Waals surface area contributed by atoms with Crippen LogP contribution in [0.4, 0.5) is 0 Å². The molecule has 6 nitrogen and oxygen atoms in total. The number of nitrogens with two attached hydrogens (primary N) is 1. The minimum absolute atomic E-state index is 0.0669. The van der Waals surface area contributed by atoms with E-state index in [4.69, 9.17) is 21.1 Å². The van der Waals surface area contributed by atoms with Crippen LogP contribution in [0.5, 0.6) is 0 Å². The van der Waals surface area contributed by atoms with Crippen LogP contribution in [0, 0.1) is 5.41 Å². The Balaban J connectivity index is 1.96. The fraction of sp³-hybridized carbons (Fsp3) is 0.190. The van der Waals surface area contributed by atoms with Crippen LogP contribution in [0.2, 0.25) is 0 Å². The molecule has 0 radical (unpaired) electrons. The maximum Gasteiger partial charge on any atom is 0.344 e. The molecule has 0 bridgehead atoms. The topological polar surface area (TPSA) is 109 Å². The van der Waals surface area contributed by atoms with E-state index in [-0.39, 0.29) is 5.92 Å². The molecule has 0 aromatic heterocycles. The zero-order chi connectivity index (χ0) is 19.2. The first-order valence-corrected chi connectivity index (χ1v) is 8.64. The number of carboxylic acids is 1. The average molecular weight is 363 g/mol. The van der Waals surface area contributed by atoms with Crippen LogP contribution in [-0.4, -0.2) is 29.6 Å². The van der Waals surface area contributed by atoms with Gasteiger partial charge in [-0.15, -0.1) is 0 Å². The SMILES string of the molecule is N=CC1=C(N)CC(c2ccccc2-c2ccccc2)C/C1=N\OCC(=O)O. The number of benzene rings is 2. The van der Waals surface area contributed by atoms with Crippen molar-refractivity contribution >= 4 is 17.9 Å². The highest BCUT2D eigenvalue weighted by Crippen LogP contribution is 2.38. The number of carbonyl (C=O) groups is 1. The van der Waals surface area contributed by atoms with Crippen molar-refractivity contribution in [2.75, 3.05) is 6.61 Å². The Kier molecular flexibility index (Phi) is 5.66. The quantitative estimate of drug-likeness (QED) is 0.538. The van der Waals surface area contributed by atoms with Gasteiger partial charge in [-0.3, -0.25) is 0 Å². The number of nitrogens with one attached hydrogen (secondary N) is 1. The van der Waals surface area contributed by atoms with Gasteiger partial charge in [0.15, 0.2) is 0 Å². The Hall–Kier alpha value is -3.41. The largest absolute Gasteiger partial charge is 0.479 e. The third-order valence-corrected chi connectivity index (χ3v) is 4.56. The molecular weight excluding hydrogens is 342 g/mol. The number of carboxylic acid groups (broad SMARTS) is 1. The minimum Gasteiger partial charge on any atom is -0.479 e. The van der Waals surface area contributed by atoms with Crippen molar-refractivity contribution in [1.29, 1.82) is 5.41 Å². The van der Waals surface area contributed by atoms with Crippen LogP contribution < -0.4 is 5.73 Å². The van der Waals surface area contributed by atoms with E-state index in [1.807, 2.05) is 30.3 Å². The monoisotopic (exact) mass is 363 g/mol. The first-order chi connectivity index (χ1) is 13.1. The van der Waals surface area contributed by atoms with Gasteiger partial charge in [0, 0.05) is 23.9 Å². The highest BCUT2D eigenvalue weighted by atomic mass is 16.6. The van der Waals surface area contributed by atoms with E-state index in [1.54, 1.807) is 0 Å². The lowest BCUT2D eigenvalue weighted by atomic mass is 9.79. The summed E-state index contributed by atoms with van der Waals surface area (Å²) in [6, 6.07) is 18.3. The number of hydrogen-bond donors (Lipinski definition) is 3.